The Morgan fingerprint density at radius 3 is 2.42 bits per heavy atom. The number of hydrogen-bond donors (Lipinski definition) is 2. The van der Waals surface area contributed by atoms with Gasteiger partial charge < -0.3 is 24.2 Å². The molecule has 1 aromatic rings. The third kappa shape index (κ3) is 9.58. The molecule has 6 aliphatic rings. The predicted molar refractivity (Wildman–Crippen MR) is 200 cm³/mol. The Morgan fingerprint density at radius 1 is 1.08 bits per heavy atom. The van der Waals surface area contributed by atoms with Gasteiger partial charge in [0.2, 0.25) is 5.91 Å². The van der Waals surface area contributed by atoms with Crippen molar-refractivity contribution in [2.75, 3.05) is 11.9 Å². The van der Waals surface area contributed by atoms with Gasteiger partial charge in [0.05, 0.1) is 23.4 Å². The summed E-state index contributed by atoms with van der Waals surface area (Å²) in [6.45, 7) is 6.71. The highest BCUT2D eigenvalue weighted by molar-refractivity contribution is 7.59. The van der Waals surface area contributed by atoms with Crippen molar-refractivity contribution in [2.24, 2.45) is 11.8 Å². The number of nitrogens with one attached hydrogen (secondary N) is 1. The molecule has 3 aliphatic carbocycles. The van der Waals surface area contributed by atoms with Gasteiger partial charge in [-0.05, 0) is 69.8 Å². The summed E-state index contributed by atoms with van der Waals surface area (Å²) in [7, 11) is -1.13. The number of nitrogens with zero attached hydrogens (tertiary/aromatic N) is 3. The van der Waals surface area contributed by atoms with E-state index in [0.717, 1.165) is 57.4 Å². The SMILES string of the molecule is CCC1OC(n2ccc(NC(=O)C(C)C)nc2=O)CC1OP1OC2(CCCC2)C[C@@H]2CCCN21.OC1(CC2CCCC2)CCCC1.S.S. The van der Waals surface area contributed by atoms with Crippen molar-refractivity contribution in [3.63, 3.8) is 0 Å². The molecule has 1 spiro atoms. The first-order valence-electron chi connectivity index (χ1n) is 18.4. The van der Waals surface area contributed by atoms with E-state index < -0.39 is 20.4 Å². The minimum atomic E-state index is -1.13. The van der Waals surface area contributed by atoms with E-state index in [9.17, 15) is 14.7 Å². The van der Waals surface area contributed by atoms with Crippen molar-refractivity contribution < 1.29 is 23.7 Å². The van der Waals surface area contributed by atoms with Crippen LogP contribution in [0.15, 0.2) is 17.1 Å². The van der Waals surface area contributed by atoms with Crippen molar-refractivity contribution in [2.45, 2.75) is 172 Å². The highest BCUT2D eigenvalue weighted by Gasteiger charge is 2.51. The van der Waals surface area contributed by atoms with Crippen LogP contribution in [-0.4, -0.2) is 61.2 Å². The number of carbonyl (C=O) groups is 1. The molecule has 4 unspecified atom stereocenters. The Kier molecular flexibility index (Phi) is 14.7. The normalized spacial score (nSPS) is 30.8. The third-order valence-corrected chi connectivity index (χ3v) is 13.3. The number of fused-ring (bicyclic) bond motifs is 1. The first kappa shape index (κ1) is 40.1. The van der Waals surface area contributed by atoms with Crippen molar-refractivity contribution >= 4 is 47.2 Å². The molecule has 13 heteroatoms. The van der Waals surface area contributed by atoms with E-state index in [0.29, 0.717) is 12.5 Å². The average molecular weight is 729 g/mol. The second-order valence-corrected chi connectivity index (χ2v) is 16.6. The van der Waals surface area contributed by atoms with Crippen LogP contribution in [-0.2, 0) is 18.6 Å². The van der Waals surface area contributed by atoms with Gasteiger partial charge in [0, 0.05) is 31.1 Å². The van der Waals surface area contributed by atoms with Gasteiger partial charge in [-0.2, -0.15) is 32.0 Å². The lowest BCUT2D eigenvalue weighted by molar-refractivity contribution is -0.118. The van der Waals surface area contributed by atoms with Crippen molar-refractivity contribution in [3.05, 3.63) is 22.7 Å². The highest BCUT2D eigenvalue weighted by atomic mass is 32.1. The Balaban J connectivity index is 0.000000314. The summed E-state index contributed by atoms with van der Waals surface area (Å²) in [5.74, 6) is 0.761. The molecule has 6 fully saturated rings. The Morgan fingerprint density at radius 2 is 1.77 bits per heavy atom. The largest absolute Gasteiger partial charge is 0.390 e. The topological polar surface area (TPSA) is 115 Å². The van der Waals surface area contributed by atoms with Crippen molar-refractivity contribution in [3.8, 4) is 0 Å². The van der Waals surface area contributed by atoms with Crippen LogP contribution in [0.5, 0.6) is 0 Å². The number of anilines is 1. The van der Waals surface area contributed by atoms with Crippen LogP contribution in [0.2, 0.25) is 0 Å². The van der Waals surface area contributed by atoms with Crippen LogP contribution in [0.25, 0.3) is 0 Å². The molecule has 0 bridgehead atoms. The summed E-state index contributed by atoms with van der Waals surface area (Å²) in [5, 5.41) is 12.8. The maximum Gasteiger partial charge on any atom is 0.351 e. The molecular formula is C35H61N4O6PS2. The minimum Gasteiger partial charge on any atom is -0.390 e. The molecule has 2 N–H and O–H groups in total. The number of aromatic nitrogens is 2. The van der Waals surface area contributed by atoms with Crippen LogP contribution >= 0.6 is 35.5 Å². The molecule has 48 heavy (non-hydrogen) atoms. The summed E-state index contributed by atoms with van der Waals surface area (Å²) in [6.07, 6.45) is 22.0. The number of hydrogen-bond acceptors (Lipinski definition) is 8. The van der Waals surface area contributed by atoms with Gasteiger partial charge in [0.25, 0.3) is 8.53 Å². The molecular weight excluding hydrogens is 668 g/mol. The van der Waals surface area contributed by atoms with E-state index in [-0.39, 0.29) is 68.0 Å². The third-order valence-electron chi connectivity index (χ3n) is 11.4. The maximum atomic E-state index is 12.7. The van der Waals surface area contributed by atoms with Crippen molar-refractivity contribution in [1.29, 1.82) is 0 Å². The molecule has 274 valence electrons. The zero-order valence-corrected chi connectivity index (χ0v) is 32.2. The fourth-order valence-corrected chi connectivity index (χ4v) is 10.8. The number of ether oxygens (including phenoxy) is 1. The second kappa shape index (κ2) is 17.7. The van der Waals surface area contributed by atoms with Gasteiger partial charge in [0.1, 0.15) is 12.0 Å². The lowest BCUT2D eigenvalue weighted by Gasteiger charge is -2.46. The monoisotopic (exact) mass is 728 g/mol. The lowest BCUT2D eigenvalue weighted by Crippen LogP contribution is -2.44. The van der Waals surface area contributed by atoms with E-state index in [1.54, 1.807) is 26.1 Å². The summed E-state index contributed by atoms with van der Waals surface area (Å²) in [4.78, 5) is 28.7. The zero-order valence-electron chi connectivity index (χ0n) is 29.3. The quantitative estimate of drug-likeness (QED) is 0.266. The van der Waals surface area contributed by atoms with Gasteiger partial charge in [-0.25, -0.2) is 9.46 Å². The average Bonchev–Trinajstić information content (AvgIpc) is 3.87. The van der Waals surface area contributed by atoms with Gasteiger partial charge in [-0.3, -0.25) is 9.36 Å². The lowest BCUT2D eigenvalue weighted by atomic mass is 9.88. The Labute approximate surface area is 302 Å². The molecule has 0 radical (unpaired) electrons. The second-order valence-electron chi connectivity index (χ2n) is 15.2. The maximum absolute atomic E-state index is 12.7. The fourth-order valence-electron chi connectivity index (χ4n) is 8.75. The first-order valence-corrected chi connectivity index (χ1v) is 19.5. The van der Waals surface area contributed by atoms with Gasteiger partial charge >= 0.3 is 5.69 Å². The number of carbonyl (C=O) groups excluding carboxylic acids is 1. The van der Waals surface area contributed by atoms with Gasteiger partial charge in [0.15, 0.2) is 0 Å². The predicted octanol–water partition coefficient (Wildman–Crippen LogP) is 7.44. The molecule has 1 aromatic heterocycles. The van der Waals surface area contributed by atoms with E-state index in [2.05, 4.69) is 21.9 Å². The molecule has 5 atom stereocenters. The molecule has 7 rings (SSSR count). The fraction of sp³-hybridized carbons (Fsp3) is 0.857. The number of aliphatic hydroxyl groups is 1. The Bertz CT molecular complexity index is 1240. The molecule has 10 nitrogen and oxygen atoms in total. The van der Waals surface area contributed by atoms with Gasteiger partial charge in [-0.1, -0.05) is 72.1 Å². The highest BCUT2D eigenvalue weighted by Crippen LogP contribution is 2.61. The Hall–Kier alpha value is -0.720. The summed E-state index contributed by atoms with van der Waals surface area (Å²) in [5.41, 5.74) is -0.685. The molecule has 3 aliphatic heterocycles. The molecule has 1 amide bonds. The van der Waals surface area contributed by atoms with Crippen LogP contribution in [0.3, 0.4) is 0 Å². The summed E-state index contributed by atoms with van der Waals surface area (Å²) >= 11 is 0. The van der Waals surface area contributed by atoms with Crippen molar-refractivity contribution in [1.82, 2.24) is 14.2 Å². The summed E-state index contributed by atoms with van der Waals surface area (Å²) in [6, 6.07) is 2.21. The first-order chi connectivity index (χ1) is 22.2. The summed E-state index contributed by atoms with van der Waals surface area (Å²) < 4.78 is 23.7. The molecule has 4 heterocycles. The van der Waals surface area contributed by atoms with Crippen LogP contribution in [0, 0.1) is 11.8 Å². The molecule has 3 saturated carbocycles. The van der Waals surface area contributed by atoms with E-state index in [1.807, 2.05) is 0 Å². The zero-order chi connectivity index (χ0) is 32.3. The number of rotatable bonds is 8. The molecule has 3 saturated heterocycles. The van der Waals surface area contributed by atoms with E-state index in [4.69, 9.17) is 13.8 Å². The number of amides is 1. The van der Waals surface area contributed by atoms with Gasteiger partial charge in [-0.15, -0.1) is 0 Å². The van der Waals surface area contributed by atoms with E-state index >= 15 is 0 Å². The molecule has 0 aromatic carbocycles. The minimum absolute atomic E-state index is 0. The van der Waals surface area contributed by atoms with Crippen LogP contribution < -0.4 is 11.0 Å². The van der Waals surface area contributed by atoms with E-state index in [1.165, 1.54) is 68.8 Å². The van der Waals surface area contributed by atoms with Crippen LogP contribution in [0.1, 0.15) is 143 Å². The van der Waals surface area contributed by atoms with Crippen LogP contribution in [0.4, 0.5) is 5.82 Å². The smallest absolute Gasteiger partial charge is 0.351 e. The standard InChI is InChI=1S/C24H37N4O5P.C11H20O.2H2S/c1-4-18-19(32-34-28-12-7-8-17(28)15-24(33-34)10-5-6-11-24)14-21(31-18)27-13-9-20(26-23(27)30)25-22(29)16(2)3;12-11(7-3-4-8-11)9-10-5-1-2-6-10;;/h9,13,16-19,21H,4-8,10-12,14-15H2,1-3H3,(H,25,26,29,30);10,12H,1-9H2;2*1H2/t17-,18?,19?,21?,34?;;;/m0.../s1.